The van der Waals surface area contributed by atoms with Crippen LogP contribution in [-0.4, -0.2) is 19.5 Å². The fraction of sp³-hybridized carbons (Fsp3) is 0.312. The molecule has 3 aromatic rings. The molecule has 0 spiro atoms. The van der Waals surface area contributed by atoms with Crippen LogP contribution in [-0.2, 0) is 39.3 Å². The summed E-state index contributed by atoms with van der Waals surface area (Å²) in [6.07, 6.45) is 4.22. The van der Waals surface area contributed by atoms with Crippen LogP contribution in [0.15, 0.2) is 18.5 Å². The van der Waals surface area contributed by atoms with Crippen LogP contribution in [0, 0.1) is 33.2 Å². The van der Waals surface area contributed by atoms with Gasteiger partial charge in [0.1, 0.15) is 6.33 Å². The Morgan fingerprint density at radius 3 is 2.50 bits per heavy atom. The van der Waals surface area contributed by atoms with E-state index in [-0.39, 0.29) is 32.7 Å². The third kappa shape index (κ3) is 4.34. The van der Waals surface area contributed by atoms with Gasteiger partial charge in [-0.15, -0.1) is 0 Å². The second-order valence-electron chi connectivity index (χ2n) is 4.87. The Morgan fingerprint density at radius 1 is 1.18 bits per heavy atom. The van der Waals surface area contributed by atoms with Gasteiger partial charge < -0.3 is 15.3 Å². The Kier molecular flexibility index (Phi) is 7.10. The fourth-order valence-corrected chi connectivity index (χ4v) is 1.88. The predicted octanol–water partition coefficient (Wildman–Crippen LogP) is 2.64. The smallest absolute Gasteiger partial charge is 0.104 e. The van der Waals surface area contributed by atoms with Crippen molar-refractivity contribution in [1.82, 2.24) is 19.5 Å². The first-order valence-electron chi connectivity index (χ1n) is 6.82. The molecule has 6 heteroatoms. The topological polar surface area (TPSA) is 69.6 Å². The second-order valence-corrected chi connectivity index (χ2v) is 4.87. The first-order valence-corrected chi connectivity index (χ1v) is 6.82. The van der Waals surface area contributed by atoms with Crippen LogP contribution in [0.5, 0.6) is 0 Å². The Labute approximate surface area is 156 Å². The van der Waals surface area contributed by atoms with E-state index in [1.807, 2.05) is 13.0 Å². The minimum absolute atomic E-state index is 0. The zero-order valence-corrected chi connectivity index (χ0v) is 16.2. The maximum Gasteiger partial charge on any atom is 0.104 e. The predicted molar refractivity (Wildman–Crippen MR) is 83.7 cm³/mol. The van der Waals surface area contributed by atoms with Crippen molar-refractivity contribution in [3.63, 3.8) is 0 Å². The van der Waals surface area contributed by atoms with E-state index in [4.69, 9.17) is 5.73 Å². The Morgan fingerprint density at radius 2 is 1.91 bits per heavy atom. The Balaban J connectivity index is 0.000000219. The molecule has 0 fully saturated rings. The molecule has 0 amide bonds. The van der Waals surface area contributed by atoms with E-state index in [0.717, 1.165) is 12.2 Å². The Hall–Kier alpha value is -1.33. The van der Waals surface area contributed by atoms with Crippen LogP contribution in [0.4, 0.5) is 5.82 Å². The first kappa shape index (κ1) is 18.7. The molecule has 0 saturated heterocycles. The molecular weight excluding hydrogens is 351 g/mol. The molecule has 0 bridgehead atoms. The van der Waals surface area contributed by atoms with Crippen LogP contribution in [0.3, 0.4) is 0 Å². The van der Waals surface area contributed by atoms with Crippen LogP contribution in [0.25, 0.3) is 11.2 Å². The molecule has 0 aliphatic carbocycles. The number of aryl methyl sites for hydroxylation is 4. The number of aromatic nitrogens is 4. The summed E-state index contributed by atoms with van der Waals surface area (Å²) in [7, 11) is 0. The number of benzene rings is 1. The second kappa shape index (κ2) is 8.34. The molecule has 113 valence electrons. The van der Waals surface area contributed by atoms with E-state index < -0.39 is 0 Å². The number of hydrogen-bond donors (Lipinski definition) is 1. The third-order valence-corrected chi connectivity index (χ3v) is 3.26. The quantitative estimate of drug-likeness (QED) is 0.669. The number of anilines is 1. The summed E-state index contributed by atoms with van der Waals surface area (Å²) < 4.78 is 1.80. The molecule has 0 saturated carbocycles. The van der Waals surface area contributed by atoms with Crippen molar-refractivity contribution < 1.29 is 32.7 Å². The van der Waals surface area contributed by atoms with Gasteiger partial charge in [0, 0.05) is 44.7 Å². The SMILES string of the molecule is CCn1[c-]nc2c(N)ncnc21.Cc1[c-]cc(C)c(C)c1.[Y]. The molecule has 2 heterocycles. The van der Waals surface area contributed by atoms with Crippen molar-refractivity contribution in [3.05, 3.63) is 47.5 Å². The summed E-state index contributed by atoms with van der Waals surface area (Å²) in [6.45, 7) is 9.07. The van der Waals surface area contributed by atoms with Gasteiger partial charge in [-0.2, -0.15) is 34.9 Å². The molecule has 5 nitrogen and oxygen atoms in total. The van der Waals surface area contributed by atoms with E-state index in [1.165, 1.54) is 23.0 Å². The molecule has 0 aliphatic heterocycles. The largest absolute Gasteiger partial charge is 0.432 e. The minimum Gasteiger partial charge on any atom is -0.432 e. The van der Waals surface area contributed by atoms with Crippen molar-refractivity contribution in [2.75, 3.05) is 5.73 Å². The van der Waals surface area contributed by atoms with Gasteiger partial charge in [-0.3, -0.25) is 4.98 Å². The van der Waals surface area contributed by atoms with Gasteiger partial charge in [0.15, 0.2) is 0 Å². The van der Waals surface area contributed by atoms with Crippen molar-refractivity contribution in [1.29, 1.82) is 0 Å². The zero-order chi connectivity index (χ0) is 15.4. The van der Waals surface area contributed by atoms with Gasteiger partial charge in [0.2, 0.25) is 0 Å². The van der Waals surface area contributed by atoms with Gasteiger partial charge in [0.25, 0.3) is 0 Å². The Bertz CT molecular complexity index is 751. The van der Waals surface area contributed by atoms with Crippen LogP contribution in [0.2, 0.25) is 0 Å². The summed E-state index contributed by atoms with van der Waals surface area (Å²) >= 11 is 0. The molecule has 2 N–H and O–H groups in total. The normalized spacial score (nSPS) is 9.82. The first-order chi connectivity index (χ1) is 10.0. The van der Waals surface area contributed by atoms with E-state index in [9.17, 15) is 0 Å². The van der Waals surface area contributed by atoms with Crippen LogP contribution in [0.1, 0.15) is 23.6 Å². The molecule has 1 radical (unpaired) electrons. The number of nitrogen functional groups attached to an aromatic ring is 1. The molecular formula is C16H19N5Y-2. The van der Waals surface area contributed by atoms with Crippen molar-refractivity contribution in [3.8, 4) is 0 Å². The average molecular weight is 370 g/mol. The molecule has 22 heavy (non-hydrogen) atoms. The maximum absolute atomic E-state index is 5.58. The maximum atomic E-state index is 5.58. The summed E-state index contributed by atoms with van der Waals surface area (Å²) in [4.78, 5) is 11.9. The molecule has 2 aromatic heterocycles. The van der Waals surface area contributed by atoms with E-state index >= 15 is 0 Å². The third-order valence-electron chi connectivity index (χ3n) is 3.26. The number of hydrogen-bond acceptors (Lipinski definition) is 4. The molecule has 3 rings (SSSR count). The summed E-state index contributed by atoms with van der Waals surface area (Å²) in [6, 6.07) is 7.32. The molecule has 0 atom stereocenters. The van der Waals surface area contributed by atoms with E-state index in [2.05, 4.69) is 54.2 Å². The standard InChI is InChI=1S/C9H11.C7H8N5.Y/c1-7-4-5-8(2)9(3)6-7;1-2-12-4-11-5-6(8)9-3-10-7(5)12;/h5-6H,1-3H3;3H,2H2,1H3,(H2,8,9,10);/q2*-1;. The van der Waals surface area contributed by atoms with E-state index in [0.29, 0.717) is 11.3 Å². The molecule has 0 unspecified atom stereocenters. The van der Waals surface area contributed by atoms with Crippen molar-refractivity contribution >= 4 is 17.0 Å². The number of fused-ring (bicyclic) bond motifs is 1. The van der Waals surface area contributed by atoms with Crippen LogP contribution >= 0.6 is 0 Å². The summed E-state index contributed by atoms with van der Waals surface area (Å²) in [5.74, 6) is 0.406. The van der Waals surface area contributed by atoms with Gasteiger partial charge in [-0.25, -0.2) is 4.98 Å². The van der Waals surface area contributed by atoms with Gasteiger partial charge in [-0.1, -0.05) is 20.8 Å². The van der Waals surface area contributed by atoms with Crippen molar-refractivity contribution in [2.45, 2.75) is 34.2 Å². The van der Waals surface area contributed by atoms with Crippen LogP contribution < -0.4 is 5.73 Å². The van der Waals surface area contributed by atoms with Gasteiger partial charge >= 0.3 is 0 Å². The summed E-state index contributed by atoms with van der Waals surface area (Å²) in [5, 5.41) is 0. The molecule has 1 aromatic carbocycles. The summed E-state index contributed by atoms with van der Waals surface area (Å²) in [5.41, 5.74) is 10.8. The number of rotatable bonds is 1. The number of imidazole rings is 1. The van der Waals surface area contributed by atoms with Crippen molar-refractivity contribution in [2.24, 2.45) is 0 Å². The van der Waals surface area contributed by atoms with E-state index in [1.54, 1.807) is 4.57 Å². The number of nitrogens with zero attached hydrogens (tertiary/aromatic N) is 4. The molecule has 0 aliphatic rings. The van der Waals surface area contributed by atoms with Gasteiger partial charge in [-0.05, 0) is 19.0 Å². The minimum atomic E-state index is 0. The average Bonchev–Trinajstić information content (AvgIpc) is 2.88. The number of nitrogens with two attached hydrogens (primary N) is 1. The fourth-order valence-electron chi connectivity index (χ4n) is 1.88. The zero-order valence-electron chi connectivity index (χ0n) is 13.4. The monoisotopic (exact) mass is 370 g/mol. The van der Waals surface area contributed by atoms with Gasteiger partial charge in [0.05, 0.1) is 5.82 Å².